The molecular formula is C17H10ClFO3. The van der Waals surface area contributed by atoms with Crippen molar-refractivity contribution in [1.82, 2.24) is 0 Å². The molecule has 0 aliphatic heterocycles. The molecule has 110 valence electrons. The van der Waals surface area contributed by atoms with Gasteiger partial charge >= 0.3 is 0 Å². The molecule has 3 aromatic rings. The molecule has 3 nitrogen and oxygen atoms in total. The Bertz CT molecular complexity index is 896. The fourth-order valence-corrected chi connectivity index (χ4v) is 2.30. The van der Waals surface area contributed by atoms with Crippen LogP contribution in [-0.4, -0.2) is 10.9 Å². The molecule has 0 saturated carbocycles. The average molecular weight is 317 g/mol. The summed E-state index contributed by atoms with van der Waals surface area (Å²) in [4.78, 5) is 12.2. The Kier molecular flexibility index (Phi) is 3.69. The summed E-state index contributed by atoms with van der Waals surface area (Å²) in [6, 6.07) is 9.27. The van der Waals surface area contributed by atoms with Crippen LogP contribution in [0, 0.1) is 5.82 Å². The van der Waals surface area contributed by atoms with Crippen molar-refractivity contribution in [3.8, 4) is 5.75 Å². The molecule has 0 aliphatic rings. The van der Waals surface area contributed by atoms with Gasteiger partial charge in [0.25, 0.3) is 0 Å². The lowest BCUT2D eigenvalue weighted by atomic mass is 10.1. The van der Waals surface area contributed by atoms with E-state index in [1.807, 2.05) is 6.07 Å². The first-order chi connectivity index (χ1) is 10.5. The van der Waals surface area contributed by atoms with Gasteiger partial charge in [-0.25, -0.2) is 4.39 Å². The van der Waals surface area contributed by atoms with E-state index in [2.05, 4.69) is 0 Å². The zero-order valence-corrected chi connectivity index (χ0v) is 12.0. The molecule has 0 radical (unpaired) electrons. The van der Waals surface area contributed by atoms with E-state index in [1.165, 1.54) is 18.4 Å². The molecule has 0 unspecified atom stereocenters. The summed E-state index contributed by atoms with van der Waals surface area (Å²) in [6.45, 7) is 0. The molecule has 2 aromatic carbocycles. The fourth-order valence-electron chi connectivity index (χ4n) is 2.10. The molecule has 0 aliphatic carbocycles. The van der Waals surface area contributed by atoms with Gasteiger partial charge in [-0.3, -0.25) is 4.79 Å². The molecule has 3 rings (SSSR count). The molecule has 0 saturated heterocycles. The number of allylic oxidation sites excluding steroid dienone is 1. The van der Waals surface area contributed by atoms with Crippen LogP contribution in [0.4, 0.5) is 4.39 Å². The minimum absolute atomic E-state index is 0.204. The average Bonchev–Trinajstić information content (AvgIpc) is 2.88. The van der Waals surface area contributed by atoms with Crippen LogP contribution in [0.5, 0.6) is 5.75 Å². The first kappa shape index (κ1) is 14.4. The van der Waals surface area contributed by atoms with Crippen LogP contribution in [0.25, 0.3) is 17.0 Å². The van der Waals surface area contributed by atoms with Crippen molar-refractivity contribution in [2.45, 2.75) is 0 Å². The highest BCUT2D eigenvalue weighted by atomic mass is 35.5. The van der Waals surface area contributed by atoms with Gasteiger partial charge in [-0.05, 0) is 29.8 Å². The van der Waals surface area contributed by atoms with Crippen LogP contribution in [0.3, 0.4) is 0 Å². The number of ketones is 1. The van der Waals surface area contributed by atoms with E-state index in [0.29, 0.717) is 10.4 Å². The standard InChI is InChI=1S/C17H10ClFO3/c18-11-3-1-2-10(6-11)4-5-15(20)13-9-22-17-8-14(19)16(21)7-12(13)17/h1-9,21H/b5-4+. The Morgan fingerprint density at radius 3 is 2.86 bits per heavy atom. The van der Waals surface area contributed by atoms with Gasteiger partial charge in [0.2, 0.25) is 0 Å². The number of carbonyl (C=O) groups excluding carboxylic acids is 1. The van der Waals surface area contributed by atoms with Gasteiger partial charge in [0, 0.05) is 16.5 Å². The van der Waals surface area contributed by atoms with E-state index < -0.39 is 11.6 Å². The molecular weight excluding hydrogens is 307 g/mol. The molecule has 1 heterocycles. The Labute approximate surface area is 130 Å². The lowest BCUT2D eigenvalue weighted by molar-refractivity contribution is 0.104. The number of phenolic OH excluding ortho intramolecular Hbond substituents is 1. The topological polar surface area (TPSA) is 50.4 Å². The second-order valence-corrected chi connectivity index (χ2v) is 5.14. The number of carbonyl (C=O) groups is 1. The van der Waals surface area contributed by atoms with Crippen molar-refractivity contribution < 1.29 is 18.7 Å². The van der Waals surface area contributed by atoms with Crippen molar-refractivity contribution in [1.29, 1.82) is 0 Å². The maximum Gasteiger partial charge on any atom is 0.189 e. The summed E-state index contributed by atoms with van der Waals surface area (Å²) < 4.78 is 18.4. The van der Waals surface area contributed by atoms with Crippen molar-refractivity contribution in [2.24, 2.45) is 0 Å². The van der Waals surface area contributed by atoms with Crippen LogP contribution in [0.15, 0.2) is 53.2 Å². The molecule has 0 amide bonds. The van der Waals surface area contributed by atoms with Gasteiger partial charge in [0.05, 0.1) is 5.56 Å². The van der Waals surface area contributed by atoms with Crippen molar-refractivity contribution in [2.75, 3.05) is 0 Å². The van der Waals surface area contributed by atoms with Gasteiger partial charge < -0.3 is 9.52 Å². The van der Waals surface area contributed by atoms with Gasteiger partial charge in [-0.1, -0.05) is 29.8 Å². The Balaban J connectivity index is 1.94. The number of hydrogen-bond acceptors (Lipinski definition) is 3. The second kappa shape index (κ2) is 5.66. The van der Waals surface area contributed by atoms with E-state index in [1.54, 1.807) is 24.3 Å². The highest BCUT2D eigenvalue weighted by Gasteiger charge is 2.14. The Morgan fingerprint density at radius 2 is 2.09 bits per heavy atom. The van der Waals surface area contributed by atoms with Crippen LogP contribution < -0.4 is 0 Å². The first-order valence-corrected chi connectivity index (χ1v) is 6.80. The quantitative estimate of drug-likeness (QED) is 0.556. The Hall–Kier alpha value is -2.59. The minimum Gasteiger partial charge on any atom is -0.505 e. The molecule has 5 heteroatoms. The predicted molar refractivity (Wildman–Crippen MR) is 82.7 cm³/mol. The first-order valence-electron chi connectivity index (χ1n) is 6.42. The number of benzene rings is 2. The maximum absolute atomic E-state index is 13.2. The third-order valence-corrected chi connectivity index (χ3v) is 3.42. The zero-order valence-electron chi connectivity index (χ0n) is 11.2. The highest BCUT2D eigenvalue weighted by molar-refractivity contribution is 6.30. The summed E-state index contributed by atoms with van der Waals surface area (Å²) in [6.07, 6.45) is 4.24. The SMILES string of the molecule is O=C(/C=C/c1cccc(Cl)c1)c1coc2cc(F)c(O)cc12. The van der Waals surface area contributed by atoms with Crippen LogP contribution in [0.2, 0.25) is 5.02 Å². The number of fused-ring (bicyclic) bond motifs is 1. The van der Waals surface area contributed by atoms with Gasteiger partial charge in [0.15, 0.2) is 17.3 Å². The summed E-state index contributed by atoms with van der Waals surface area (Å²) in [5.74, 6) is -1.64. The molecule has 22 heavy (non-hydrogen) atoms. The number of halogens is 2. The molecule has 1 N–H and O–H groups in total. The lowest BCUT2D eigenvalue weighted by Crippen LogP contribution is -1.92. The smallest absolute Gasteiger partial charge is 0.189 e. The third kappa shape index (κ3) is 2.73. The Morgan fingerprint density at radius 1 is 1.27 bits per heavy atom. The van der Waals surface area contributed by atoms with Crippen LogP contribution in [0.1, 0.15) is 15.9 Å². The van der Waals surface area contributed by atoms with Gasteiger partial charge in [-0.15, -0.1) is 0 Å². The molecule has 0 atom stereocenters. The van der Waals surface area contributed by atoms with Crippen molar-refractivity contribution in [3.05, 3.63) is 70.7 Å². The number of hydrogen-bond donors (Lipinski definition) is 1. The van der Waals surface area contributed by atoms with E-state index >= 15 is 0 Å². The molecule has 0 spiro atoms. The predicted octanol–water partition coefficient (Wildman–Crippen LogP) is 4.83. The second-order valence-electron chi connectivity index (χ2n) is 4.70. The molecule has 0 fully saturated rings. The van der Waals surface area contributed by atoms with E-state index in [-0.39, 0.29) is 16.9 Å². The molecule has 0 bridgehead atoms. The summed E-state index contributed by atoms with van der Waals surface area (Å²) in [7, 11) is 0. The summed E-state index contributed by atoms with van der Waals surface area (Å²) in [5.41, 5.74) is 1.24. The lowest BCUT2D eigenvalue weighted by Gasteiger charge is -1.97. The monoisotopic (exact) mass is 316 g/mol. The highest BCUT2D eigenvalue weighted by Crippen LogP contribution is 2.28. The van der Waals surface area contributed by atoms with Gasteiger partial charge in [0.1, 0.15) is 11.8 Å². The number of aromatic hydroxyl groups is 1. The largest absolute Gasteiger partial charge is 0.505 e. The number of furan rings is 1. The third-order valence-electron chi connectivity index (χ3n) is 3.18. The van der Waals surface area contributed by atoms with Crippen LogP contribution >= 0.6 is 11.6 Å². The van der Waals surface area contributed by atoms with E-state index in [0.717, 1.165) is 11.6 Å². The minimum atomic E-state index is -0.796. The van der Waals surface area contributed by atoms with Crippen LogP contribution in [-0.2, 0) is 0 Å². The zero-order chi connectivity index (χ0) is 15.7. The maximum atomic E-state index is 13.2. The van der Waals surface area contributed by atoms with E-state index in [4.69, 9.17) is 16.0 Å². The fraction of sp³-hybridized carbons (Fsp3) is 0. The van der Waals surface area contributed by atoms with Crippen molar-refractivity contribution >= 4 is 34.4 Å². The van der Waals surface area contributed by atoms with Crippen molar-refractivity contribution in [3.63, 3.8) is 0 Å². The summed E-state index contributed by atoms with van der Waals surface area (Å²) in [5, 5.41) is 10.4. The number of phenols is 1. The summed E-state index contributed by atoms with van der Waals surface area (Å²) >= 11 is 5.87. The number of rotatable bonds is 3. The molecule has 1 aromatic heterocycles. The normalized spacial score (nSPS) is 11.4. The van der Waals surface area contributed by atoms with E-state index in [9.17, 15) is 14.3 Å². The van der Waals surface area contributed by atoms with Gasteiger partial charge in [-0.2, -0.15) is 0 Å².